The number of pyridine rings is 1. The second-order valence-corrected chi connectivity index (χ2v) is 6.94. The van der Waals surface area contributed by atoms with Crippen LogP contribution in [0.25, 0.3) is 49.7 Å². The van der Waals surface area contributed by atoms with Crippen LogP contribution in [0.1, 0.15) is 0 Å². The maximum absolute atomic E-state index is 5.64. The molecule has 0 unspecified atom stereocenters. The summed E-state index contributed by atoms with van der Waals surface area (Å²) >= 11 is 0. The van der Waals surface area contributed by atoms with Gasteiger partial charge in [0.05, 0.1) is 23.0 Å². The standard InChI is InChI=1S/C25H16N2O/c1-2-7-23-20(5-1)21-16-25-18(12-14-28-25)15-24(21)27(23)19-10-8-17(9-11-19)22-6-3-4-13-26-22/h1-16H. The summed E-state index contributed by atoms with van der Waals surface area (Å²) in [5.74, 6) is 0. The lowest BCUT2D eigenvalue weighted by molar-refractivity contribution is 0.616. The lowest BCUT2D eigenvalue weighted by Crippen LogP contribution is -1.93. The van der Waals surface area contributed by atoms with Crippen molar-refractivity contribution in [3.8, 4) is 16.9 Å². The first kappa shape index (κ1) is 15.2. The van der Waals surface area contributed by atoms with Gasteiger partial charge < -0.3 is 8.98 Å². The maximum Gasteiger partial charge on any atom is 0.134 e. The van der Waals surface area contributed by atoms with Gasteiger partial charge in [-0.2, -0.15) is 0 Å². The number of rotatable bonds is 2. The fourth-order valence-corrected chi connectivity index (χ4v) is 4.02. The van der Waals surface area contributed by atoms with Crippen LogP contribution >= 0.6 is 0 Å². The van der Waals surface area contributed by atoms with Crippen molar-refractivity contribution in [1.29, 1.82) is 0 Å². The lowest BCUT2D eigenvalue weighted by atomic mass is 10.1. The molecule has 0 spiro atoms. The first-order chi connectivity index (χ1) is 13.9. The minimum absolute atomic E-state index is 0.918. The van der Waals surface area contributed by atoms with Crippen molar-refractivity contribution in [3.63, 3.8) is 0 Å². The molecule has 0 aliphatic carbocycles. The van der Waals surface area contributed by atoms with Crippen LogP contribution in [0.3, 0.4) is 0 Å². The van der Waals surface area contributed by atoms with E-state index >= 15 is 0 Å². The monoisotopic (exact) mass is 360 g/mol. The van der Waals surface area contributed by atoms with Gasteiger partial charge in [-0.15, -0.1) is 0 Å². The third-order valence-corrected chi connectivity index (χ3v) is 5.33. The van der Waals surface area contributed by atoms with Crippen LogP contribution in [-0.2, 0) is 0 Å². The van der Waals surface area contributed by atoms with Gasteiger partial charge in [0.25, 0.3) is 0 Å². The Bertz CT molecular complexity index is 1440. The van der Waals surface area contributed by atoms with Gasteiger partial charge in [-0.25, -0.2) is 0 Å². The molecule has 0 radical (unpaired) electrons. The van der Waals surface area contributed by atoms with E-state index in [2.05, 4.69) is 70.2 Å². The summed E-state index contributed by atoms with van der Waals surface area (Å²) in [6, 6.07) is 29.5. The molecule has 6 aromatic rings. The van der Waals surface area contributed by atoms with Crippen molar-refractivity contribution in [2.45, 2.75) is 0 Å². The largest absolute Gasteiger partial charge is 0.464 e. The zero-order valence-corrected chi connectivity index (χ0v) is 15.0. The van der Waals surface area contributed by atoms with Gasteiger partial charge in [0.2, 0.25) is 0 Å². The number of para-hydroxylation sites is 1. The Balaban J connectivity index is 1.62. The first-order valence-corrected chi connectivity index (χ1v) is 9.31. The second-order valence-electron chi connectivity index (χ2n) is 6.94. The number of hydrogen-bond acceptors (Lipinski definition) is 2. The molecule has 0 aliphatic rings. The maximum atomic E-state index is 5.64. The van der Waals surface area contributed by atoms with Gasteiger partial charge in [-0.05, 0) is 48.5 Å². The van der Waals surface area contributed by atoms with Crippen molar-refractivity contribution in [2.75, 3.05) is 0 Å². The summed E-state index contributed by atoms with van der Waals surface area (Å²) in [7, 11) is 0. The predicted octanol–water partition coefficient (Wildman–Crippen LogP) is 6.59. The van der Waals surface area contributed by atoms with Crippen LogP contribution in [0.5, 0.6) is 0 Å². The summed E-state index contributed by atoms with van der Waals surface area (Å²) in [5.41, 5.74) is 6.52. The number of hydrogen-bond donors (Lipinski definition) is 0. The van der Waals surface area contributed by atoms with Crippen LogP contribution in [0.2, 0.25) is 0 Å². The molecule has 3 nitrogen and oxygen atoms in total. The SMILES string of the molecule is c1ccc(-c2ccc(-n3c4ccccc4c4cc5occc5cc43)cc2)nc1. The topological polar surface area (TPSA) is 31.0 Å². The van der Waals surface area contributed by atoms with Crippen molar-refractivity contribution >= 4 is 32.8 Å². The van der Waals surface area contributed by atoms with Crippen LogP contribution in [0.4, 0.5) is 0 Å². The van der Waals surface area contributed by atoms with E-state index in [1.807, 2.05) is 30.5 Å². The van der Waals surface area contributed by atoms with Gasteiger partial charge in [-0.3, -0.25) is 4.98 Å². The number of furan rings is 1. The Labute approximate surface area is 161 Å². The summed E-state index contributed by atoms with van der Waals surface area (Å²) in [6.45, 7) is 0. The molecule has 132 valence electrons. The van der Waals surface area contributed by atoms with Crippen molar-refractivity contribution in [1.82, 2.24) is 9.55 Å². The fourth-order valence-electron chi connectivity index (χ4n) is 4.02. The fraction of sp³-hybridized carbons (Fsp3) is 0. The summed E-state index contributed by atoms with van der Waals surface area (Å²) in [5, 5.41) is 3.54. The molecule has 3 aromatic heterocycles. The molecule has 0 bridgehead atoms. The van der Waals surface area contributed by atoms with E-state index < -0.39 is 0 Å². The lowest BCUT2D eigenvalue weighted by Gasteiger charge is -2.09. The minimum atomic E-state index is 0.918. The molecular weight excluding hydrogens is 344 g/mol. The molecule has 3 heterocycles. The summed E-state index contributed by atoms with van der Waals surface area (Å²) in [4.78, 5) is 4.45. The molecular formula is C25H16N2O. The van der Waals surface area contributed by atoms with Gasteiger partial charge in [0, 0.05) is 33.6 Å². The number of nitrogens with zero attached hydrogens (tertiary/aromatic N) is 2. The van der Waals surface area contributed by atoms with Crippen LogP contribution in [0.15, 0.2) is 102 Å². The summed E-state index contributed by atoms with van der Waals surface area (Å²) < 4.78 is 7.96. The van der Waals surface area contributed by atoms with E-state index in [1.165, 1.54) is 21.8 Å². The van der Waals surface area contributed by atoms with E-state index in [4.69, 9.17) is 4.42 Å². The highest BCUT2D eigenvalue weighted by atomic mass is 16.3. The first-order valence-electron chi connectivity index (χ1n) is 9.31. The zero-order valence-electron chi connectivity index (χ0n) is 15.0. The Morgan fingerprint density at radius 2 is 1.57 bits per heavy atom. The molecule has 0 saturated heterocycles. The van der Waals surface area contributed by atoms with Gasteiger partial charge >= 0.3 is 0 Å². The third-order valence-electron chi connectivity index (χ3n) is 5.33. The predicted molar refractivity (Wildman–Crippen MR) is 114 cm³/mol. The molecule has 28 heavy (non-hydrogen) atoms. The van der Waals surface area contributed by atoms with E-state index in [0.717, 1.165) is 27.9 Å². The van der Waals surface area contributed by atoms with E-state index in [1.54, 1.807) is 6.26 Å². The third kappa shape index (κ3) is 2.20. The number of aromatic nitrogens is 2. The van der Waals surface area contributed by atoms with Gasteiger partial charge in [-0.1, -0.05) is 36.4 Å². The van der Waals surface area contributed by atoms with Crippen LogP contribution < -0.4 is 0 Å². The molecule has 0 aliphatic heterocycles. The van der Waals surface area contributed by atoms with Crippen LogP contribution in [0, 0.1) is 0 Å². The molecule has 0 amide bonds. The quantitative estimate of drug-likeness (QED) is 0.349. The molecule has 3 aromatic carbocycles. The smallest absolute Gasteiger partial charge is 0.134 e. The highest BCUT2D eigenvalue weighted by Crippen LogP contribution is 2.35. The zero-order chi connectivity index (χ0) is 18.5. The van der Waals surface area contributed by atoms with E-state index in [-0.39, 0.29) is 0 Å². The highest BCUT2D eigenvalue weighted by molar-refractivity contribution is 6.12. The van der Waals surface area contributed by atoms with Crippen molar-refractivity contribution < 1.29 is 4.42 Å². The molecule has 0 saturated carbocycles. The Morgan fingerprint density at radius 1 is 0.714 bits per heavy atom. The molecule has 0 atom stereocenters. The molecule has 0 N–H and O–H groups in total. The Morgan fingerprint density at radius 3 is 2.43 bits per heavy atom. The average molecular weight is 360 g/mol. The normalized spacial score (nSPS) is 11.6. The average Bonchev–Trinajstić information content (AvgIpc) is 3.35. The highest BCUT2D eigenvalue weighted by Gasteiger charge is 2.14. The number of benzene rings is 3. The van der Waals surface area contributed by atoms with E-state index in [9.17, 15) is 0 Å². The molecule has 6 rings (SSSR count). The molecule has 0 fully saturated rings. The van der Waals surface area contributed by atoms with E-state index in [0.29, 0.717) is 0 Å². The summed E-state index contributed by atoms with van der Waals surface area (Å²) in [6.07, 6.45) is 3.57. The minimum Gasteiger partial charge on any atom is -0.464 e. The second kappa shape index (κ2) is 5.83. The Hall–Kier alpha value is -3.85. The van der Waals surface area contributed by atoms with Crippen molar-refractivity contribution in [2.24, 2.45) is 0 Å². The van der Waals surface area contributed by atoms with Crippen molar-refractivity contribution in [3.05, 3.63) is 97.4 Å². The molecule has 3 heteroatoms. The number of fused-ring (bicyclic) bond motifs is 4. The van der Waals surface area contributed by atoms with Crippen LogP contribution in [-0.4, -0.2) is 9.55 Å². The Kier molecular flexibility index (Phi) is 3.17. The van der Waals surface area contributed by atoms with Gasteiger partial charge in [0.15, 0.2) is 0 Å². The van der Waals surface area contributed by atoms with Gasteiger partial charge in [0.1, 0.15) is 5.58 Å².